The van der Waals surface area contributed by atoms with Crippen LogP contribution in [0.1, 0.15) is 87.6 Å². The number of anilines is 1. The Kier molecular flexibility index (Phi) is 8.93. The highest BCUT2D eigenvalue weighted by molar-refractivity contribution is 6.18. The fourth-order valence-electron chi connectivity index (χ4n) is 7.77. The van der Waals surface area contributed by atoms with Crippen molar-refractivity contribution in [3.8, 4) is 23.0 Å². The summed E-state index contributed by atoms with van der Waals surface area (Å²) in [5, 5.41) is 0. The fourth-order valence-corrected chi connectivity index (χ4v) is 7.77. The number of ketones is 2. The summed E-state index contributed by atoms with van der Waals surface area (Å²) in [5.74, 6) is 3.37. The summed E-state index contributed by atoms with van der Waals surface area (Å²) >= 11 is 0. The number of carbonyl (C=O) groups excluding carboxylic acids is 4. The van der Waals surface area contributed by atoms with Gasteiger partial charge in [0.2, 0.25) is 11.8 Å². The van der Waals surface area contributed by atoms with Crippen molar-refractivity contribution in [1.82, 2.24) is 4.90 Å². The van der Waals surface area contributed by atoms with Gasteiger partial charge in [-0.1, -0.05) is 58.0 Å². The van der Waals surface area contributed by atoms with E-state index in [1.165, 1.54) is 34.9 Å². The first-order valence-corrected chi connectivity index (χ1v) is 17.0. The number of amides is 2. The van der Waals surface area contributed by atoms with Crippen LogP contribution in [0.25, 0.3) is 0 Å². The molecule has 4 aromatic carbocycles. The lowest BCUT2D eigenvalue weighted by molar-refractivity contribution is -0.155. The number of nitrogens with two attached hydrogens (primary N) is 1. The number of nitrogens with zero attached hydrogens (tertiary/aromatic N) is 1. The van der Waals surface area contributed by atoms with Crippen LogP contribution in [0.2, 0.25) is 0 Å². The normalized spacial score (nSPS) is 20.4. The van der Waals surface area contributed by atoms with Crippen LogP contribution in [0.15, 0.2) is 84.9 Å². The van der Waals surface area contributed by atoms with Gasteiger partial charge in [-0.25, -0.2) is 0 Å². The van der Waals surface area contributed by atoms with Crippen molar-refractivity contribution in [3.63, 3.8) is 0 Å². The number of imide groups is 1. The van der Waals surface area contributed by atoms with Crippen molar-refractivity contribution in [3.05, 3.63) is 113 Å². The number of fused-ring (bicyclic) bond motifs is 4. The Labute approximate surface area is 293 Å². The number of carbonyl (C=O) groups is 4. The molecule has 1 spiro atoms. The van der Waals surface area contributed by atoms with E-state index >= 15 is 0 Å². The van der Waals surface area contributed by atoms with Crippen LogP contribution in [-0.4, -0.2) is 35.3 Å². The number of β-lactam (4-membered cyclic amide) rings is 2. The van der Waals surface area contributed by atoms with Crippen LogP contribution in [0, 0.1) is 6.92 Å². The van der Waals surface area contributed by atoms with Crippen molar-refractivity contribution in [2.24, 2.45) is 0 Å². The number of rotatable bonds is 4. The van der Waals surface area contributed by atoms with Gasteiger partial charge in [-0.3, -0.25) is 24.1 Å². The number of aryl methyl sites for hydroxylation is 1. The maximum atomic E-state index is 10.1. The van der Waals surface area contributed by atoms with Crippen LogP contribution >= 0.6 is 0 Å². The second-order valence-corrected chi connectivity index (χ2v) is 15.2. The highest BCUT2D eigenvalue weighted by Crippen LogP contribution is 2.63. The molecule has 1 unspecified atom stereocenters. The number of Topliss-reactive ketones (excluding diaryl/α,β-unsaturated/α-hetero) is 2. The molecule has 1 heterocycles. The lowest BCUT2D eigenvalue weighted by atomic mass is 9.72. The molecule has 1 aliphatic heterocycles. The largest absolute Gasteiger partial charge is 0.457 e. The highest BCUT2D eigenvalue weighted by Gasteiger charge is 2.56. The first kappa shape index (κ1) is 34.6. The van der Waals surface area contributed by atoms with E-state index in [0.29, 0.717) is 5.69 Å². The molecule has 1 atom stereocenters. The third-order valence-electron chi connectivity index (χ3n) is 10.1. The highest BCUT2D eigenvalue weighted by atomic mass is 16.5. The predicted octanol–water partition coefficient (Wildman–Crippen LogP) is 8.10. The molecule has 4 aromatic rings. The van der Waals surface area contributed by atoms with Gasteiger partial charge in [-0.05, 0) is 107 Å². The van der Waals surface area contributed by atoms with Crippen LogP contribution in [0.3, 0.4) is 0 Å². The molecule has 0 bridgehead atoms. The average Bonchev–Trinajstić information content (AvgIpc) is 3.40. The van der Waals surface area contributed by atoms with E-state index in [1.807, 2.05) is 36.4 Å². The monoisotopic (exact) mass is 672 g/mol. The summed E-state index contributed by atoms with van der Waals surface area (Å²) in [4.78, 5) is 41.2. The van der Waals surface area contributed by atoms with Crippen molar-refractivity contribution >= 4 is 29.1 Å². The van der Waals surface area contributed by atoms with Crippen LogP contribution < -0.4 is 15.2 Å². The Morgan fingerprint density at radius 2 is 1.04 bits per heavy atom. The molecule has 8 nitrogen and oxygen atoms in total. The Hall–Kier alpha value is -5.24. The zero-order chi connectivity index (χ0) is 36.0. The summed E-state index contributed by atoms with van der Waals surface area (Å²) < 4.78 is 12.7. The lowest BCUT2D eigenvalue weighted by Gasteiger charge is -2.30. The molecule has 258 valence electrons. The SMILES string of the molecule is CN1C(=O)CC1=O.Cc1cccc(Oc2ccc3c(c2)C2(CC3(C)C)CC(C)(C)c3ccc(Oc4cccc(N)c4)cc32)c1.O=C1CC(=O)C1. The van der Waals surface area contributed by atoms with Gasteiger partial charge in [0.25, 0.3) is 0 Å². The third kappa shape index (κ3) is 6.79. The van der Waals surface area contributed by atoms with E-state index in [9.17, 15) is 19.2 Å². The van der Waals surface area contributed by atoms with Crippen molar-refractivity contribution in [1.29, 1.82) is 0 Å². The van der Waals surface area contributed by atoms with E-state index in [1.54, 1.807) is 0 Å². The standard InChI is InChI=1S/C34H35NO2.C4H5NO2.C4H4O2/c1-22-8-6-10-24(16-22)36-26-12-14-28-30(18-26)34(20-32(28,2)3)21-33(4,5)29-15-13-27(19-31(29)34)37-25-11-7-9-23(35)17-25;1-5-3(6)2-4(5)7;5-3-1-4(6)2-3/h6-19H,20-21,35H2,1-5H3;2H2,1H3;1-2H2. The molecule has 8 heteroatoms. The molecule has 4 aliphatic rings. The summed E-state index contributed by atoms with van der Waals surface area (Å²) in [6.07, 6.45) is 2.61. The molecule has 0 radical (unpaired) electrons. The number of benzene rings is 4. The Morgan fingerprint density at radius 1 is 0.580 bits per heavy atom. The van der Waals surface area contributed by atoms with Crippen molar-refractivity contribution < 1.29 is 28.7 Å². The molecule has 2 amide bonds. The number of ether oxygens (including phenoxy) is 2. The summed E-state index contributed by atoms with van der Waals surface area (Å²) in [6, 6.07) is 29.2. The molecule has 1 saturated carbocycles. The van der Waals surface area contributed by atoms with Gasteiger partial charge in [0.1, 0.15) is 41.0 Å². The van der Waals surface area contributed by atoms with Gasteiger partial charge in [0.05, 0.1) is 12.8 Å². The van der Waals surface area contributed by atoms with Gasteiger partial charge in [-0.15, -0.1) is 0 Å². The quantitative estimate of drug-likeness (QED) is 0.132. The van der Waals surface area contributed by atoms with Gasteiger partial charge in [0, 0.05) is 24.2 Å². The molecule has 8 rings (SSSR count). The zero-order valence-electron chi connectivity index (χ0n) is 29.6. The van der Waals surface area contributed by atoms with E-state index in [4.69, 9.17) is 15.2 Å². The van der Waals surface area contributed by atoms with Gasteiger partial charge in [-0.2, -0.15) is 0 Å². The average molecular weight is 673 g/mol. The first-order valence-electron chi connectivity index (χ1n) is 17.0. The molecule has 1 saturated heterocycles. The second kappa shape index (κ2) is 12.9. The number of hydrogen-bond donors (Lipinski definition) is 1. The zero-order valence-corrected chi connectivity index (χ0v) is 29.6. The Bertz CT molecular complexity index is 1880. The molecule has 2 N–H and O–H groups in total. The lowest BCUT2D eigenvalue weighted by Crippen LogP contribution is -2.45. The first-order chi connectivity index (χ1) is 23.6. The van der Waals surface area contributed by atoms with Gasteiger partial charge in [0.15, 0.2) is 0 Å². The van der Waals surface area contributed by atoms with E-state index in [-0.39, 0.29) is 58.9 Å². The smallest absolute Gasteiger partial charge is 0.238 e. The Balaban J connectivity index is 0.000000277. The summed E-state index contributed by atoms with van der Waals surface area (Å²) in [5.41, 5.74) is 13.5. The van der Waals surface area contributed by atoms with Gasteiger partial charge < -0.3 is 15.2 Å². The molecule has 50 heavy (non-hydrogen) atoms. The van der Waals surface area contributed by atoms with Crippen molar-refractivity contribution in [2.75, 3.05) is 12.8 Å². The minimum atomic E-state index is -0.0985. The summed E-state index contributed by atoms with van der Waals surface area (Å²) in [6.45, 7) is 11.6. The Morgan fingerprint density at radius 3 is 1.42 bits per heavy atom. The van der Waals surface area contributed by atoms with E-state index in [0.717, 1.165) is 40.7 Å². The molecule has 2 fully saturated rings. The van der Waals surface area contributed by atoms with Crippen LogP contribution in [-0.2, 0) is 35.4 Å². The molecule has 0 aromatic heterocycles. The minimum Gasteiger partial charge on any atom is -0.457 e. The van der Waals surface area contributed by atoms with Crippen LogP contribution in [0.5, 0.6) is 23.0 Å². The second-order valence-electron chi connectivity index (χ2n) is 15.2. The topological polar surface area (TPSA) is 116 Å². The van der Waals surface area contributed by atoms with Crippen molar-refractivity contribution in [2.45, 2.75) is 83.0 Å². The maximum absolute atomic E-state index is 10.1. The number of likely N-dealkylation sites (tertiary alicyclic amines) is 1. The van der Waals surface area contributed by atoms with Crippen LogP contribution in [0.4, 0.5) is 5.69 Å². The predicted molar refractivity (Wildman–Crippen MR) is 193 cm³/mol. The fraction of sp³-hybridized carbons (Fsp3) is 0.333. The molecular formula is C42H44N2O6. The number of hydrogen-bond acceptors (Lipinski definition) is 7. The van der Waals surface area contributed by atoms with E-state index in [2.05, 4.69) is 83.1 Å². The molecular weight excluding hydrogens is 628 g/mol. The maximum Gasteiger partial charge on any atom is 0.238 e. The molecule has 3 aliphatic carbocycles. The van der Waals surface area contributed by atoms with E-state index < -0.39 is 0 Å². The third-order valence-corrected chi connectivity index (χ3v) is 10.1. The minimum absolute atomic E-state index is 0.0517. The summed E-state index contributed by atoms with van der Waals surface area (Å²) in [7, 11) is 1.48. The number of nitrogen functional groups attached to an aromatic ring is 1. The van der Waals surface area contributed by atoms with Gasteiger partial charge >= 0.3 is 0 Å².